The first-order valence-corrected chi connectivity index (χ1v) is 5.84. The summed E-state index contributed by atoms with van der Waals surface area (Å²) in [6.07, 6.45) is 0. The van der Waals surface area contributed by atoms with Crippen LogP contribution in [0.25, 0.3) is 0 Å². The summed E-state index contributed by atoms with van der Waals surface area (Å²) < 4.78 is 5.58. The highest BCUT2D eigenvalue weighted by molar-refractivity contribution is 5.39. The van der Waals surface area contributed by atoms with Crippen LogP contribution in [0.4, 0.5) is 5.69 Å². The Morgan fingerprint density at radius 3 is 1.95 bits per heavy atom. The first-order valence-electron chi connectivity index (χ1n) is 5.84. The first-order chi connectivity index (χ1) is 9.06. The van der Waals surface area contributed by atoms with Crippen LogP contribution >= 0.6 is 0 Å². The quantitative estimate of drug-likeness (QED) is 0.673. The normalized spacial score (nSPS) is 11.9. The summed E-state index contributed by atoms with van der Waals surface area (Å²) in [7, 11) is 0. The number of nitro benzene ring substituents is 1. The molecule has 2 rings (SSSR count). The van der Waals surface area contributed by atoms with Crippen LogP contribution in [0.5, 0.6) is 11.5 Å². The monoisotopic (exact) mass is 258 g/mol. The molecule has 1 atom stereocenters. The highest BCUT2D eigenvalue weighted by Gasteiger charge is 2.05. The lowest BCUT2D eigenvalue weighted by molar-refractivity contribution is -0.384. The standard InChI is InChI=1S/C14H14N2O3/c1-10(15)11-2-6-13(7-3-11)19-14-8-4-12(5-9-14)16(17)18/h2-10H,15H2,1H3. The van der Waals surface area contributed by atoms with Gasteiger partial charge >= 0.3 is 0 Å². The molecule has 1 unspecified atom stereocenters. The third-order valence-corrected chi connectivity index (χ3v) is 2.69. The minimum atomic E-state index is -0.443. The highest BCUT2D eigenvalue weighted by Crippen LogP contribution is 2.24. The van der Waals surface area contributed by atoms with Crippen LogP contribution in [0.3, 0.4) is 0 Å². The molecule has 0 amide bonds. The Labute approximate surface area is 110 Å². The Bertz CT molecular complexity index is 562. The molecule has 2 N–H and O–H groups in total. The number of nitrogens with two attached hydrogens (primary N) is 1. The van der Waals surface area contributed by atoms with Crippen molar-refractivity contribution in [3.63, 3.8) is 0 Å². The zero-order chi connectivity index (χ0) is 13.8. The molecule has 0 radical (unpaired) electrons. The van der Waals surface area contributed by atoms with Crippen molar-refractivity contribution in [2.75, 3.05) is 0 Å². The number of rotatable bonds is 4. The molecule has 2 aromatic rings. The zero-order valence-corrected chi connectivity index (χ0v) is 10.4. The van der Waals surface area contributed by atoms with E-state index in [1.807, 2.05) is 31.2 Å². The maximum absolute atomic E-state index is 10.5. The predicted octanol–water partition coefficient (Wildman–Crippen LogP) is 3.41. The van der Waals surface area contributed by atoms with Gasteiger partial charge in [-0.2, -0.15) is 0 Å². The molecule has 2 aromatic carbocycles. The zero-order valence-electron chi connectivity index (χ0n) is 10.4. The third kappa shape index (κ3) is 3.29. The molecule has 0 spiro atoms. The van der Waals surface area contributed by atoms with Crippen molar-refractivity contribution in [3.05, 3.63) is 64.2 Å². The summed E-state index contributed by atoms with van der Waals surface area (Å²) >= 11 is 0. The van der Waals surface area contributed by atoms with Crippen LogP contribution in [0, 0.1) is 10.1 Å². The number of non-ortho nitro benzene ring substituents is 1. The lowest BCUT2D eigenvalue weighted by Crippen LogP contribution is -2.04. The SMILES string of the molecule is CC(N)c1ccc(Oc2ccc([N+](=O)[O-])cc2)cc1. The van der Waals surface area contributed by atoms with Gasteiger partial charge in [0.05, 0.1) is 4.92 Å². The predicted molar refractivity (Wildman–Crippen MR) is 72.2 cm³/mol. The van der Waals surface area contributed by atoms with Gasteiger partial charge in [0.25, 0.3) is 5.69 Å². The van der Waals surface area contributed by atoms with E-state index in [2.05, 4.69) is 0 Å². The van der Waals surface area contributed by atoms with Gasteiger partial charge in [-0.3, -0.25) is 10.1 Å². The summed E-state index contributed by atoms with van der Waals surface area (Å²) in [4.78, 5) is 10.1. The summed E-state index contributed by atoms with van der Waals surface area (Å²) in [5.74, 6) is 1.22. The molecule has 5 nitrogen and oxygen atoms in total. The summed E-state index contributed by atoms with van der Waals surface area (Å²) in [5.41, 5.74) is 6.82. The fraction of sp³-hybridized carbons (Fsp3) is 0.143. The van der Waals surface area contributed by atoms with Crippen molar-refractivity contribution in [1.82, 2.24) is 0 Å². The Morgan fingerprint density at radius 2 is 1.53 bits per heavy atom. The van der Waals surface area contributed by atoms with E-state index in [0.717, 1.165) is 5.56 Å². The number of ether oxygens (including phenoxy) is 1. The second kappa shape index (κ2) is 5.49. The molecule has 0 aliphatic rings. The lowest BCUT2D eigenvalue weighted by atomic mass is 10.1. The Kier molecular flexibility index (Phi) is 3.77. The fourth-order valence-corrected chi connectivity index (χ4v) is 1.61. The second-order valence-electron chi connectivity index (χ2n) is 4.21. The van der Waals surface area contributed by atoms with Gasteiger partial charge < -0.3 is 10.5 Å². The van der Waals surface area contributed by atoms with E-state index in [4.69, 9.17) is 10.5 Å². The number of nitro groups is 1. The fourth-order valence-electron chi connectivity index (χ4n) is 1.61. The van der Waals surface area contributed by atoms with Gasteiger partial charge in [-0.15, -0.1) is 0 Å². The van der Waals surface area contributed by atoms with E-state index in [0.29, 0.717) is 11.5 Å². The number of benzene rings is 2. The largest absolute Gasteiger partial charge is 0.457 e. The lowest BCUT2D eigenvalue weighted by Gasteiger charge is -2.08. The van der Waals surface area contributed by atoms with Gasteiger partial charge in [0, 0.05) is 18.2 Å². The van der Waals surface area contributed by atoms with E-state index in [1.54, 1.807) is 12.1 Å². The summed E-state index contributed by atoms with van der Waals surface area (Å²) in [5, 5.41) is 10.5. The van der Waals surface area contributed by atoms with E-state index in [9.17, 15) is 10.1 Å². The first kappa shape index (κ1) is 13.0. The molecule has 5 heteroatoms. The van der Waals surface area contributed by atoms with Gasteiger partial charge in [0.15, 0.2) is 0 Å². The number of hydrogen-bond acceptors (Lipinski definition) is 4. The Balaban J connectivity index is 2.10. The Morgan fingerprint density at radius 1 is 1.05 bits per heavy atom. The molecule has 0 aliphatic heterocycles. The second-order valence-corrected chi connectivity index (χ2v) is 4.21. The minimum absolute atomic E-state index is 0.0200. The van der Waals surface area contributed by atoms with E-state index in [-0.39, 0.29) is 11.7 Å². The molecule has 0 saturated carbocycles. The summed E-state index contributed by atoms with van der Waals surface area (Å²) in [6, 6.07) is 13.4. The van der Waals surface area contributed by atoms with E-state index >= 15 is 0 Å². The minimum Gasteiger partial charge on any atom is -0.457 e. The molecular formula is C14H14N2O3. The van der Waals surface area contributed by atoms with Crippen molar-refractivity contribution in [2.24, 2.45) is 5.73 Å². The Hall–Kier alpha value is -2.40. The van der Waals surface area contributed by atoms with E-state index < -0.39 is 4.92 Å². The van der Waals surface area contributed by atoms with Gasteiger partial charge in [-0.05, 0) is 36.8 Å². The van der Waals surface area contributed by atoms with Crippen LogP contribution in [-0.4, -0.2) is 4.92 Å². The van der Waals surface area contributed by atoms with Gasteiger partial charge in [0.2, 0.25) is 0 Å². The van der Waals surface area contributed by atoms with Crippen LogP contribution in [0.1, 0.15) is 18.5 Å². The molecule has 0 fully saturated rings. The maximum atomic E-state index is 10.5. The highest BCUT2D eigenvalue weighted by atomic mass is 16.6. The average molecular weight is 258 g/mol. The topological polar surface area (TPSA) is 78.4 Å². The molecule has 0 bridgehead atoms. The molecular weight excluding hydrogens is 244 g/mol. The smallest absolute Gasteiger partial charge is 0.269 e. The van der Waals surface area contributed by atoms with Gasteiger partial charge in [-0.1, -0.05) is 12.1 Å². The van der Waals surface area contributed by atoms with Crippen LogP contribution in [0.15, 0.2) is 48.5 Å². The van der Waals surface area contributed by atoms with Crippen LogP contribution < -0.4 is 10.5 Å². The molecule has 0 heterocycles. The van der Waals surface area contributed by atoms with Crippen LogP contribution in [0.2, 0.25) is 0 Å². The van der Waals surface area contributed by atoms with Gasteiger partial charge in [0.1, 0.15) is 11.5 Å². The van der Waals surface area contributed by atoms with Crippen molar-refractivity contribution in [1.29, 1.82) is 0 Å². The van der Waals surface area contributed by atoms with Crippen molar-refractivity contribution in [2.45, 2.75) is 13.0 Å². The maximum Gasteiger partial charge on any atom is 0.269 e. The molecule has 98 valence electrons. The molecule has 0 aliphatic carbocycles. The molecule has 19 heavy (non-hydrogen) atoms. The van der Waals surface area contributed by atoms with Gasteiger partial charge in [-0.25, -0.2) is 0 Å². The van der Waals surface area contributed by atoms with Crippen molar-refractivity contribution < 1.29 is 9.66 Å². The number of hydrogen-bond donors (Lipinski definition) is 1. The number of nitrogens with zero attached hydrogens (tertiary/aromatic N) is 1. The van der Waals surface area contributed by atoms with Crippen molar-refractivity contribution in [3.8, 4) is 11.5 Å². The average Bonchev–Trinajstić information content (AvgIpc) is 2.40. The van der Waals surface area contributed by atoms with Crippen molar-refractivity contribution >= 4 is 5.69 Å². The third-order valence-electron chi connectivity index (χ3n) is 2.69. The van der Waals surface area contributed by atoms with E-state index in [1.165, 1.54) is 12.1 Å². The summed E-state index contributed by atoms with van der Waals surface area (Å²) in [6.45, 7) is 1.91. The van der Waals surface area contributed by atoms with Crippen LogP contribution in [-0.2, 0) is 0 Å². The molecule has 0 saturated heterocycles. The molecule has 0 aromatic heterocycles.